The maximum atomic E-state index is 12.4. The zero-order valence-corrected chi connectivity index (χ0v) is 14.9. The lowest BCUT2D eigenvalue weighted by atomic mass is 10.1. The molecule has 3 aromatic rings. The molecule has 0 bridgehead atoms. The van der Waals surface area contributed by atoms with E-state index in [2.05, 4.69) is 4.98 Å². The Morgan fingerprint density at radius 1 is 1.28 bits per heavy atom. The molecule has 0 aliphatic rings. The van der Waals surface area contributed by atoms with E-state index >= 15 is 0 Å². The molecule has 0 saturated carbocycles. The summed E-state index contributed by atoms with van der Waals surface area (Å²) in [5.74, 6) is 0.560. The number of aromatic nitrogens is 1. The molecule has 5 nitrogen and oxygen atoms in total. The van der Waals surface area contributed by atoms with Gasteiger partial charge in [0.25, 0.3) is 0 Å². The van der Waals surface area contributed by atoms with Gasteiger partial charge in [-0.3, -0.25) is 4.79 Å². The third-order valence-corrected chi connectivity index (χ3v) is 4.31. The van der Waals surface area contributed by atoms with Gasteiger partial charge in [0.15, 0.2) is 0 Å². The number of aryl methyl sites for hydroxylation is 1. The van der Waals surface area contributed by atoms with Crippen LogP contribution in [0.1, 0.15) is 16.9 Å². The molecule has 130 valence electrons. The minimum absolute atomic E-state index is 0.00154. The number of carbonyl (C=O) groups excluding carboxylic acids is 1. The van der Waals surface area contributed by atoms with E-state index in [-0.39, 0.29) is 12.5 Å². The average Bonchev–Trinajstić information content (AvgIpc) is 3.09. The Balaban J connectivity index is 1.91. The number of para-hydroxylation sites is 1. The predicted octanol–water partition coefficient (Wildman–Crippen LogP) is 3.96. The van der Waals surface area contributed by atoms with Gasteiger partial charge in [-0.05, 0) is 30.7 Å². The van der Waals surface area contributed by atoms with Gasteiger partial charge in [0.05, 0.1) is 18.3 Å². The molecule has 0 aliphatic carbocycles. The van der Waals surface area contributed by atoms with Crippen LogP contribution in [0.2, 0.25) is 5.15 Å². The van der Waals surface area contributed by atoms with Crippen molar-refractivity contribution in [3.05, 3.63) is 64.7 Å². The fourth-order valence-electron chi connectivity index (χ4n) is 2.72. The highest BCUT2D eigenvalue weighted by Crippen LogP contribution is 2.24. The lowest BCUT2D eigenvalue weighted by molar-refractivity contribution is -0.136. The summed E-state index contributed by atoms with van der Waals surface area (Å²) in [5.41, 5.74) is 2.72. The Hall–Kier alpha value is -2.37. The number of benzene rings is 1. The molecule has 0 spiro atoms. The van der Waals surface area contributed by atoms with Gasteiger partial charge >= 0.3 is 0 Å². The summed E-state index contributed by atoms with van der Waals surface area (Å²) < 4.78 is 10.4. The molecule has 1 aromatic carbocycles. The number of nitrogens with zero attached hydrogens (tertiary/aromatic N) is 2. The van der Waals surface area contributed by atoms with Gasteiger partial charge in [-0.25, -0.2) is 4.98 Å². The fraction of sp³-hybridized carbons (Fsp3) is 0.263. The Morgan fingerprint density at radius 2 is 2.12 bits per heavy atom. The summed E-state index contributed by atoms with van der Waals surface area (Å²) in [5, 5.41) is 1.40. The topological polar surface area (TPSA) is 55.6 Å². The van der Waals surface area contributed by atoms with Crippen LogP contribution in [0.25, 0.3) is 10.9 Å². The molecule has 0 fully saturated rings. The molecule has 0 N–H and O–H groups in total. The second-order valence-electron chi connectivity index (χ2n) is 5.85. The second kappa shape index (κ2) is 7.68. The number of methoxy groups -OCH3 is 1. The van der Waals surface area contributed by atoms with E-state index in [1.54, 1.807) is 17.2 Å². The number of fused-ring (bicyclic) bond motifs is 1. The van der Waals surface area contributed by atoms with Crippen LogP contribution in [-0.4, -0.2) is 29.5 Å². The average molecular weight is 359 g/mol. The van der Waals surface area contributed by atoms with Crippen molar-refractivity contribution >= 4 is 28.4 Å². The monoisotopic (exact) mass is 358 g/mol. The quantitative estimate of drug-likeness (QED) is 0.626. The number of furan rings is 1. The van der Waals surface area contributed by atoms with Gasteiger partial charge in [0.1, 0.15) is 17.5 Å². The van der Waals surface area contributed by atoms with E-state index in [0.717, 1.165) is 22.0 Å². The molecule has 0 saturated heterocycles. The third-order valence-electron chi connectivity index (χ3n) is 3.98. The lowest BCUT2D eigenvalue weighted by Gasteiger charge is -2.22. The molecule has 2 aromatic heterocycles. The number of pyridine rings is 1. The zero-order chi connectivity index (χ0) is 17.8. The molecule has 0 unspecified atom stereocenters. The second-order valence-corrected chi connectivity index (χ2v) is 6.21. The Kier molecular flexibility index (Phi) is 5.36. The standard InChI is InChI=1S/C19H19ClN2O3/c1-13-5-3-6-14-9-15(19(20)21-18(13)14)10-22(17(23)12-24-2)11-16-7-4-8-25-16/h3-9H,10-12H2,1-2H3. The summed E-state index contributed by atoms with van der Waals surface area (Å²) in [6.45, 7) is 2.67. The molecule has 2 heterocycles. The van der Waals surface area contributed by atoms with Crippen molar-refractivity contribution in [3.8, 4) is 0 Å². The van der Waals surface area contributed by atoms with Crippen LogP contribution in [0, 0.1) is 6.92 Å². The number of ether oxygens (including phenoxy) is 1. The van der Waals surface area contributed by atoms with Crippen molar-refractivity contribution in [2.75, 3.05) is 13.7 Å². The summed E-state index contributed by atoms with van der Waals surface area (Å²) >= 11 is 6.38. The van der Waals surface area contributed by atoms with Crippen LogP contribution in [0.15, 0.2) is 47.1 Å². The number of amides is 1. The van der Waals surface area contributed by atoms with Gasteiger partial charge in [0, 0.05) is 24.6 Å². The highest BCUT2D eigenvalue weighted by atomic mass is 35.5. The highest BCUT2D eigenvalue weighted by Gasteiger charge is 2.18. The Morgan fingerprint density at radius 3 is 2.84 bits per heavy atom. The van der Waals surface area contributed by atoms with E-state index in [4.69, 9.17) is 20.8 Å². The number of rotatable bonds is 6. The highest BCUT2D eigenvalue weighted by molar-refractivity contribution is 6.30. The number of hydrogen-bond acceptors (Lipinski definition) is 4. The van der Waals surface area contributed by atoms with Crippen LogP contribution in [-0.2, 0) is 22.6 Å². The number of carbonyl (C=O) groups is 1. The largest absolute Gasteiger partial charge is 0.467 e. The van der Waals surface area contributed by atoms with E-state index in [1.165, 1.54) is 7.11 Å². The van der Waals surface area contributed by atoms with Gasteiger partial charge in [-0.1, -0.05) is 29.8 Å². The van der Waals surface area contributed by atoms with E-state index in [0.29, 0.717) is 24.0 Å². The minimum atomic E-state index is -0.140. The zero-order valence-electron chi connectivity index (χ0n) is 14.2. The van der Waals surface area contributed by atoms with E-state index < -0.39 is 0 Å². The molecule has 0 radical (unpaired) electrons. The molecular weight excluding hydrogens is 340 g/mol. The third kappa shape index (κ3) is 4.00. The summed E-state index contributed by atoms with van der Waals surface area (Å²) in [4.78, 5) is 18.5. The Bertz CT molecular complexity index is 878. The molecule has 1 amide bonds. The number of halogens is 1. The minimum Gasteiger partial charge on any atom is -0.467 e. The van der Waals surface area contributed by atoms with E-state index in [1.807, 2.05) is 37.3 Å². The van der Waals surface area contributed by atoms with E-state index in [9.17, 15) is 4.79 Å². The fourth-order valence-corrected chi connectivity index (χ4v) is 2.92. The molecule has 6 heteroatoms. The van der Waals surface area contributed by atoms with Crippen molar-refractivity contribution in [2.24, 2.45) is 0 Å². The van der Waals surface area contributed by atoms with Crippen LogP contribution in [0.4, 0.5) is 0 Å². The summed E-state index contributed by atoms with van der Waals surface area (Å²) in [6.07, 6.45) is 1.58. The first-order chi connectivity index (χ1) is 12.1. The summed E-state index contributed by atoms with van der Waals surface area (Å²) in [7, 11) is 1.50. The van der Waals surface area contributed by atoms with Gasteiger partial charge in [-0.15, -0.1) is 0 Å². The first kappa shape index (κ1) is 17.5. The van der Waals surface area contributed by atoms with Crippen LogP contribution in [0.3, 0.4) is 0 Å². The molecule has 3 rings (SSSR count). The van der Waals surface area contributed by atoms with Gasteiger partial charge in [-0.2, -0.15) is 0 Å². The lowest BCUT2D eigenvalue weighted by Crippen LogP contribution is -2.33. The van der Waals surface area contributed by atoms with Crippen molar-refractivity contribution in [3.63, 3.8) is 0 Å². The summed E-state index contributed by atoms with van der Waals surface area (Å²) in [6, 6.07) is 11.6. The first-order valence-corrected chi connectivity index (χ1v) is 8.30. The maximum absolute atomic E-state index is 12.4. The van der Waals surface area contributed by atoms with Crippen molar-refractivity contribution in [1.82, 2.24) is 9.88 Å². The van der Waals surface area contributed by atoms with Crippen LogP contribution < -0.4 is 0 Å². The Labute approximate surface area is 151 Å². The van der Waals surface area contributed by atoms with Crippen LogP contribution in [0.5, 0.6) is 0 Å². The first-order valence-electron chi connectivity index (χ1n) is 7.92. The molecule has 0 atom stereocenters. The van der Waals surface area contributed by atoms with Crippen molar-refractivity contribution in [1.29, 1.82) is 0 Å². The van der Waals surface area contributed by atoms with Gasteiger partial charge < -0.3 is 14.1 Å². The maximum Gasteiger partial charge on any atom is 0.249 e. The molecule has 25 heavy (non-hydrogen) atoms. The van der Waals surface area contributed by atoms with Gasteiger partial charge in [0.2, 0.25) is 5.91 Å². The molecule has 0 aliphatic heterocycles. The predicted molar refractivity (Wildman–Crippen MR) is 96.3 cm³/mol. The van der Waals surface area contributed by atoms with Crippen LogP contribution >= 0.6 is 11.6 Å². The smallest absolute Gasteiger partial charge is 0.249 e. The SMILES string of the molecule is COCC(=O)N(Cc1ccco1)Cc1cc2cccc(C)c2nc1Cl. The van der Waals surface area contributed by atoms with Crippen molar-refractivity contribution in [2.45, 2.75) is 20.0 Å². The van der Waals surface area contributed by atoms with Crippen molar-refractivity contribution < 1.29 is 13.9 Å². The molecular formula is C19H19ClN2O3. The number of hydrogen-bond donors (Lipinski definition) is 0. The normalized spacial score (nSPS) is 11.0.